The first-order chi connectivity index (χ1) is 28.8. The minimum atomic E-state index is -0.749. The van der Waals surface area contributed by atoms with Crippen molar-refractivity contribution in [2.75, 3.05) is 33.0 Å². The number of nitrogens with zero attached hydrogens (tertiary/aromatic N) is 3. The van der Waals surface area contributed by atoms with Gasteiger partial charge in [-0.1, -0.05) is 147 Å². The topological polar surface area (TPSA) is 142 Å². The van der Waals surface area contributed by atoms with Gasteiger partial charge < -0.3 is 24.6 Å². The highest BCUT2D eigenvalue weighted by Crippen LogP contribution is 2.19. The maximum absolute atomic E-state index is 13.1. The summed E-state index contributed by atoms with van der Waals surface area (Å²) >= 11 is 0. The summed E-state index contributed by atoms with van der Waals surface area (Å²) in [5, 5.41) is 21.4. The summed E-state index contributed by atoms with van der Waals surface area (Å²) < 4.78 is 19.1. The van der Waals surface area contributed by atoms with E-state index in [4.69, 9.17) is 14.2 Å². The number of ketones is 1. The van der Waals surface area contributed by atoms with Gasteiger partial charge in [-0.25, -0.2) is 0 Å². The van der Waals surface area contributed by atoms with Crippen molar-refractivity contribution in [1.82, 2.24) is 20.3 Å². The fourth-order valence-corrected chi connectivity index (χ4v) is 7.27. The zero-order valence-corrected chi connectivity index (χ0v) is 39.6. The molecule has 0 spiro atoms. The van der Waals surface area contributed by atoms with Gasteiger partial charge in [0.1, 0.15) is 5.78 Å². The number of nitrogens with one attached hydrogen (secondary N) is 1. The van der Waals surface area contributed by atoms with E-state index in [1.165, 1.54) is 109 Å². The van der Waals surface area contributed by atoms with Crippen molar-refractivity contribution in [3.8, 4) is 0 Å². The number of ether oxygens (including phenoxy) is 3. The lowest BCUT2D eigenvalue weighted by Crippen LogP contribution is -2.31. The summed E-state index contributed by atoms with van der Waals surface area (Å²) in [6, 6.07) is 0. The van der Waals surface area contributed by atoms with E-state index >= 15 is 0 Å². The number of aromatic nitrogens is 3. The zero-order valence-electron chi connectivity index (χ0n) is 39.6. The first kappa shape index (κ1) is 55.6. The van der Waals surface area contributed by atoms with Crippen LogP contribution in [-0.2, 0) is 41.6 Å². The molecule has 1 rings (SSSR count). The quantitative estimate of drug-likeness (QED) is 0.0485. The second-order valence-corrected chi connectivity index (χ2v) is 18.7. The number of hydrogen-bond donors (Lipinski definition) is 2. The van der Waals surface area contributed by atoms with Gasteiger partial charge in [0.2, 0.25) is 5.91 Å². The van der Waals surface area contributed by atoms with Crippen LogP contribution in [0.25, 0.3) is 0 Å². The van der Waals surface area contributed by atoms with Crippen LogP contribution in [0.4, 0.5) is 0 Å². The fraction of sp³-hybridized carbons (Fsp3) is 0.898. The minimum absolute atomic E-state index is 0.0842. The molecular formula is C49H92N4O7. The maximum Gasteiger partial charge on any atom is 0.305 e. The molecule has 350 valence electrons. The summed E-state index contributed by atoms with van der Waals surface area (Å²) in [6.07, 6.45) is 32.4. The third kappa shape index (κ3) is 35.2. The van der Waals surface area contributed by atoms with Crippen LogP contribution in [0.2, 0.25) is 0 Å². The lowest BCUT2D eigenvalue weighted by atomic mass is 9.99. The summed E-state index contributed by atoms with van der Waals surface area (Å²) in [7, 11) is 0. The summed E-state index contributed by atoms with van der Waals surface area (Å²) in [5.74, 6) is -0.258. The van der Waals surface area contributed by atoms with Gasteiger partial charge in [0.05, 0.1) is 36.7 Å². The number of carbonyl (C=O) groups excluding carboxylic acids is 3. The van der Waals surface area contributed by atoms with Gasteiger partial charge in [-0.15, -0.1) is 5.10 Å². The Bertz CT molecular complexity index is 1200. The Morgan fingerprint density at radius 1 is 0.700 bits per heavy atom. The number of esters is 1. The molecule has 0 bridgehead atoms. The molecule has 0 radical (unpaired) electrons. The Hall–Kier alpha value is -2.37. The predicted molar refractivity (Wildman–Crippen MR) is 244 cm³/mol. The van der Waals surface area contributed by atoms with Crippen molar-refractivity contribution in [2.45, 2.75) is 245 Å². The first-order valence-electron chi connectivity index (χ1n) is 24.6. The lowest BCUT2D eigenvalue weighted by Gasteiger charge is -2.27. The molecule has 60 heavy (non-hydrogen) atoms. The molecule has 1 atom stereocenters. The van der Waals surface area contributed by atoms with Crippen molar-refractivity contribution < 1.29 is 33.7 Å². The highest BCUT2D eigenvalue weighted by Gasteiger charge is 2.21. The molecule has 1 heterocycles. The fourth-order valence-electron chi connectivity index (χ4n) is 7.27. The van der Waals surface area contributed by atoms with Gasteiger partial charge in [-0.2, -0.15) is 0 Å². The molecule has 2 N–H and O–H groups in total. The average Bonchev–Trinajstić information content (AvgIpc) is 3.65. The van der Waals surface area contributed by atoms with Crippen LogP contribution in [0.3, 0.4) is 0 Å². The van der Waals surface area contributed by atoms with Crippen molar-refractivity contribution >= 4 is 17.7 Å². The molecule has 0 aliphatic carbocycles. The number of Topliss-reactive ketones (excluding diaryl/α,β-unsaturated/α-hetero) is 1. The SMILES string of the molecule is CCCCCCCCCCCCCC(=O)CC(COC(=O)CCCCCCCCCCCCC)Cn1cc(CCC(=O)NCCOCCC(C)(C)OCCC(C)(C)O)nn1. The Balaban J connectivity index is 2.46. The predicted octanol–water partition coefficient (Wildman–Crippen LogP) is 11.2. The summed E-state index contributed by atoms with van der Waals surface area (Å²) in [5.41, 5.74) is -0.405. The molecule has 1 unspecified atom stereocenters. The van der Waals surface area contributed by atoms with Crippen LogP contribution >= 0.6 is 0 Å². The molecule has 11 nitrogen and oxygen atoms in total. The van der Waals surface area contributed by atoms with Gasteiger partial charge in [0.25, 0.3) is 0 Å². The van der Waals surface area contributed by atoms with Crippen LogP contribution < -0.4 is 5.32 Å². The van der Waals surface area contributed by atoms with Gasteiger partial charge in [-0.05, 0) is 53.4 Å². The third-order valence-corrected chi connectivity index (χ3v) is 11.3. The van der Waals surface area contributed by atoms with E-state index in [2.05, 4.69) is 29.5 Å². The van der Waals surface area contributed by atoms with Crippen LogP contribution in [0.1, 0.15) is 227 Å². The molecule has 1 aromatic rings. The lowest BCUT2D eigenvalue weighted by molar-refractivity contribution is -0.146. The van der Waals surface area contributed by atoms with E-state index in [0.717, 1.165) is 32.1 Å². The number of aryl methyl sites for hydroxylation is 1. The summed E-state index contributed by atoms with van der Waals surface area (Å²) in [6.45, 7) is 14.5. The van der Waals surface area contributed by atoms with Crippen LogP contribution in [-0.4, -0.2) is 81.9 Å². The highest BCUT2D eigenvalue weighted by molar-refractivity contribution is 5.78. The molecular weight excluding hydrogens is 757 g/mol. The van der Waals surface area contributed by atoms with Gasteiger partial charge in [0.15, 0.2) is 0 Å². The number of unbranched alkanes of at least 4 members (excludes halogenated alkanes) is 20. The van der Waals surface area contributed by atoms with E-state index in [1.54, 1.807) is 18.5 Å². The van der Waals surface area contributed by atoms with Crippen LogP contribution in [0.5, 0.6) is 0 Å². The monoisotopic (exact) mass is 849 g/mol. The molecule has 0 saturated heterocycles. The van der Waals surface area contributed by atoms with E-state index in [9.17, 15) is 19.5 Å². The Morgan fingerprint density at radius 2 is 1.23 bits per heavy atom. The Morgan fingerprint density at radius 3 is 1.78 bits per heavy atom. The number of carbonyl (C=O) groups is 3. The van der Waals surface area contributed by atoms with Crippen molar-refractivity contribution in [1.29, 1.82) is 0 Å². The third-order valence-electron chi connectivity index (χ3n) is 11.3. The molecule has 0 aliphatic heterocycles. The first-order valence-corrected chi connectivity index (χ1v) is 24.6. The Kier molecular flexibility index (Phi) is 33.5. The zero-order chi connectivity index (χ0) is 44.2. The normalized spacial score (nSPS) is 12.5. The molecule has 0 aromatic carbocycles. The smallest absolute Gasteiger partial charge is 0.305 e. The average molecular weight is 849 g/mol. The van der Waals surface area contributed by atoms with Gasteiger partial charge in [0, 0.05) is 63.9 Å². The second-order valence-electron chi connectivity index (χ2n) is 18.7. The molecule has 1 amide bonds. The molecule has 0 aliphatic rings. The number of rotatable bonds is 43. The van der Waals surface area contributed by atoms with Crippen LogP contribution in [0, 0.1) is 5.92 Å². The van der Waals surface area contributed by atoms with Crippen molar-refractivity contribution in [3.63, 3.8) is 0 Å². The van der Waals surface area contributed by atoms with E-state index < -0.39 is 5.60 Å². The van der Waals surface area contributed by atoms with E-state index in [-0.39, 0.29) is 42.2 Å². The van der Waals surface area contributed by atoms with Gasteiger partial charge >= 0.3 is 5.97 Å². The molecule has 11 heteroatoms. The number of amides is 1. The second kappa shape index (κ2) is 36.1. The number of aliphatic hydroxyl groups is 1. The molecule has 1 aromatic heterocycles. The number of hydrogen-bond acceptors (Lipinski definition) is 9. The van der Waals surface area contributed by atoms with Crippen LogP contribution in [0.15, 0.2) is 6.20 Å². The Labute approximate surface area is 367 Å². The summed E-state index contributed by atoms with van der Waals surface area (Å²) in [4.78, 5) is 38.4. The minimum Gasteiger partial charge on any atom is -0.465 e. The van der Waals surface area contributed by atoms with E-state index in [1.807, 2.05) is 20.0 Å². The highest BCUT2D eigenvalue weighted by atomic mass is 16.5. The largest absolute Gasteiger partial charge is 0.465 e. The molecule has 0 saturated carbocycles. The molecule has 0 fully saturated rings. The maximum atomic E-state index is 13.1. The van der Waals surface area contributed by atoms with Crippen molar-refractivity contribution in [3.05, 3.63) is 11.9 Å². The standard InChI is InChI=1S/C49H92N4O7/c1-7-9-11-13-15-17-19-21-23-25-27-29-45(54)39-43(42-59-47(56)30-28-26-24-22-20-18-16-14-12-10-8-2)40-53-41-44(51-52-53)31-32-46(55)50-35-38-58-36-34-49(5,6)60-37-33-48(3,4)57/h41,43,57H,7-40,42H2,1-6H3,(H,50,55). The van der Waals surface area contributed by atoms with Gasteiger partial charge in [-0.3, -0.25) is 19.1 Å². The van der Waals surface area contributed by atoms with E-state index in [0.29, 0.717) is 77.1 Å². The van der Waals surface area contributed by atoms with Crippen molar-refractivity contribution in [2.24, 2.45) is 5.92 Å².